The van der Waals surface area contributed by atoms with E-state index in [9.17, 15) is 4.79 Å². The largest absolute Gasteiger partial charge is 0.342 e. The fourth-order valence-corrected chi connectivity index (χ4v) is 3.75. The summed E-state index contributed by atoms with van der Waals surface area (Å²) in [7, 11) is 0. The van der Waals surface area contributed by atoms with Gasteiger partial charge >= 0.3 is 0 Å². The van der Waals surface area contributed by atoms with Crippen LogP contribution in [0.25, 0.3) is 10.9 Å². The van der Waals surface area contributed by atoms with E-state index < -0.39 is 0 Å². The molecule has 1 N–H and O–H groups in total. The number of halogens is 3. The molecule has 0 saturated heterocycles. The van der Waals surface area contributed by atoms with Gasteiger partial charge in [-0.25, -0.2) is 5.43 Å². The molecule has 1 aromatic heterocycles. The van der Waals surface area contributed by atoms with Crippen LogP contribution >= 0.6 is 39.1 Å². The molecule has 0 aliphatic heterocycles. The smallest absolute Gasteiger partial charge is 0.271 e. The highest BCUT2D eigenvalue weighted by Gasteiger charge is 2.09. The number of carbonyl (C=O) groups excluding carboxylic acids is 1. The maximum atomic E-state index is 12.2. The lowest BCUT2D eigenvalue weighted by atomic mass is 10.2. The van der Waals surface area contributed by atoms with Crippen molar-refractivity contribution in [1.29, 1.82) is 0 Å². The number of nitrogens with zero attached hydrogens (tertiary/aromatic N) is 2. The molecule has 4 nitrogen and oxygen atoms in total. The monoisotopic (exact) mass is 499 g/mol. The fourth-order valence-electron chi connectivity index (χ4n) is 3.17. The Kier molecular flexibility index (Phi) is 6.23. The second kappa shape index (κ2) is 9.04. The molecule has 1 heterocycles. The van der Waals surface area contributed by atoms with Gasteiger partial charge in [-0.15, -0.1) is 0 Å². The SMILES string of the molecule is O=C(NN=Cc1cn(Cc2ccc(Cl)c(Cl)c2)c2ccccc12)c1ccc(Br)cc1. The Morgan fingerprint density at radius 3 is 2.57 bits per heavy atom. The van der Waals surface area contributed by atoms with Crippen molar-refractivity contribution >= 4 is 62.2 Å². The van der Waals surface area contributed by atoms with Crippen LogP contribution in [0, 0.1) is 0 Å². The van der Waals surface area contributed by atoms with Crippen LogP contribution < -0.4 is 5.43 Å². The van der Waals surface area contributed by atoms with Crippen molar-refractivity contribution < 1.29 is 4.79 Å². The third-order valence-corrected chi connectivity index (χ3v) is 5.90. The number of nitrogens with one attached hydrogen (secondary N) is 1. The Balaban J connectivity index is 1.57. The van der Waals surface area contributed by atoms with Gasteiger partial charge in [-0.1, -0.05) is 63.4 Å². The van der Waals surface area contributed by atoms with Gasteiger partial charge in [0.05, 0.1) is 16.3 Å². The van der Waals surface area contributed by atoms with Crippen LogP contribution in [-0.2, 0) is 6.54 Å². The minimum atomic E-state index is -0.265. The highest BCUT2D eigenvalue weighted by Crippen LogP contribution is 2.25. The molecule has 0 spiro atoms. The molecule has 7 heteroatoms. The van der Waals surface area contributed by atoms with E-state index >= 15 is 0 Å². The van der Waals surface area contributed by atoms with Gasteiger partial charge in [0, 0.05) is 39.2 Å². The molecule has 150 valence electrons. The molecule has 0 radical (unpaired) electrons. The third-order valence-electron chi connectivity index (χ3n) is 4.63. The van der Waals surface area contributed by atoms with Crippen LogP contribution in [0.2, 0.25) is 10.0 Å². The lowest BCUT2D eigenvalue weighted by Crippen LogP contribution is -2.17. The molecule has 0 bridgehead atoms. The van der Waals surface area contributed by atoms with Crippen LogP contribution in [-0.4, -0.2) is 16.7 Å². The molecule has 3 aromatic carbocycles. The van der Waals surface area contributed by atoms with Gasteiger partial charge in [-0.2, -0.15) is 5.10 Å². The summed E-state index contributed by atoms with van der Waals surface area (Å²) in [5.74, 6) is -0.265. The molecule has 0 atom stereocenters. The van der Waals surface area contributed by atoms with E-state index in [1.54, 1.807) is 24.4 Å². The number of hydrogen-bond donors (Lipinski definition) is 1. The third kappa shape index (κ3) is 4.59. The van der Waals surface area contributed by atoms with Crippen molar-refractivity contribution in [3.63, 3.8) is 0 Å². The topological polar surface area (TPSA) is 46.4 Å². The molecular formula is C23H16BrCl2N3O. The number of amides is 1. The first-order valence-corrected chi connectivity index (χ1v) is 10.7. The van der Waals surface area contributed by atoms with Crippen LogP contribution in [0.1, 0.15) is 21.5 Å². The molecule has 1 amide bonds. The Labute approximate surface area is 192 Å². The summed E-state index contributed by atoms with van der Waals surface area (Å²) < 4.78 is 3.03. The van der Waals surface area contributed by atoms with E-state index in [-0.39, 0.29) is 5.91 Å². The van der Waals surface area contributed by atoms with Crippen molar-refractivity contribution in [2.24, 2.45) is 5.10 Å². The average Bonchev–Trinajstić information content (AvgIpc) is 3.09. The number of fused-ring (bicyclic) bond motifs is 1. The maximum absolute atomic E-state index is 12.2. The second-order valence-electron chi connectivity index (χ2n) is 6.68. The van der Waals surface area contributed by atoms with Crippen molar-refractivity contribution in [2.75, 3.05) is 0 Å². The Hall–Kier alpha value is -2.60. The van der Waals surface area contributed by atoms with Crippen molar-refractivity contribution in [1.82, 2.24) is 9.99 Å². The van der Waals surface area contributed by atoms with Crippen LogP contribution in [0.15, 0.2) is 82.5 Å². The van der Waals surface area contributed by atoms with E-state index in [0.29, 0.717) is 22.2 Å². The molecule has 4 rings (SSSR count). The standard InChI is InChI=1S/C23H16BrCl2N3O/c24-18-8-6-16(7-9-18)23(30)28-27-12-17-14-29(22-4-2-1-3-19(17)22)13-15-5-10-20(25)21(26)11-15/h1-12,14H,13H2,(H,28,30). The zero-order valence-electron chi connectivity index (χ0n) is 15.6. The molecule has 4 aromatic rings. The number of rotatable bonds is 5. The summed E-state index contributed by atoms with van der Waals surface area (Å²) in [5.41, 5.74) is 6.12. The summed E-state index contributed by atoms with van der Waals surface area (Å²) in [6.07, 6.45) is 3.66. The van der Waals surface area contributed by atoms with Gasteiger partial charge in [0.1, 0.15) is 0 Å². The highest BCUT2D eigenvalue weighted by atomic mass is 79.9. The van der Waals surface area contributed by atoms with Crippen LogP contribution in [0.3, 0.4) is 0 Å². The minimum Gasteiger partial charge on any atom is -0.342 e. The van der Waals surface area contributed by atoms with E-state index in [1.165, 1.54) is 0 Å². The van der Waals surface area contributed by atoms with Crippen LogP contribution in [0.5, 0.6) is 0 Å². The molecular weight excluding hydrogens is 485 g/mol. The molecule has 0 unspecified atom stereocenters. The van der Waals surface area contributed by atoms with Gasteiger partial charge in [0.25, 0.3) is 5.91 Å². The zero-order chi connectivity index (χ0) is 21.1. The lowest BCUT2D eigenvalue weighted by molar-refractivity contribution is 0.0955. The lowest BCUT2D eigenvalue weighted by Gasteiger charge is -2.06. The van der Waals surface area contributed by atoms with Crippen molar-refractivity contribution in [2.45, 2.75) is 6.54 Å². The first-order chi connectivity index (χ1) is 14.5. The first-order valence-electron chi connectivity index (χ1n) is 9.12. The summed E-state index contributed by atoms with van der Waals surface area (Å²) in [5, 5.41) is 6.25. The summed E-state index contributed by atoms with van der Waals surface area (Å²) >= 11 is 15.5. The van der Waals surface area contributed by atoms with E-state index in [4.69, 9.17) is 23.2 Å². The van der Waals surface area contributed by atoms with Gasteiger partial charge in [0.2, 0.25) is 0 Å². The van der Waals surface area contributed by atoms with Gasteiger partial charge in [-0.05, 0) is 48.0 Å². The summed E-state index contributed by atoms with van der Waals surface area (Å²) in [6.45, 7) is 0.635. The van der Waals surface area contributed by atoms with Gasteiger partial charge in [0.15, 0.2) is 0 Å². The van der Waals surface area contributed by atoms with Gasteiger partial charge in [-0.3, -0.25) is 4.79 Å². The van der Waals surface area contributed by atoms with Crippen molar-refractivity contribution in [3.05, 3.63) is 104 Å². The molecule has 0 aliphatic carbocycles. The maximum Gasteiger partial charge on any atom is 0.271 e. The number of para-hydroxylation sites is 1. The highest BCUT2D eigenvalue weighted by molar-refractivity contribution is 9.10. The Bertz CT molecular complexity index is 1250. The second-order valence-corrected chi connectivity index (χ2v) is 8.41. The quantitative estimate of drug-likeness (QED) is 0.246. The average molecular weight is 501 g/mol. The zero-order valence-corrected chi connectivity index (χ0v) is 18.7. The normalized spacial score (nSPS) is 11.3. The number of carbonyl (C=O) groups is 1. The van der Waals surface area contributed by atoms with E-state index in [0.717, 1.165) is 26.5 Å². The predicted molar refractivity (Wildman–Crippen MR) is 127 cm³/mol. The molecule has 0 fully saturated rings. The number of aromatic nitrogens is 1. The van der Waals surface area contributed by atoms with Crippen LogP contribution in [0.4, 0.5) is 0 Å². The molecule has 0 saturated carbocycles. The predicted octanol–water partition coefficient (Wildman–Crippen LogP) is 6.52. The summed E-state index contributed by atoms with van der Waals surface area (Å²) in [6, 6.07) is 20.8. The summed E-state index contributed by atoms with van der Waals surface area (Å²) in [4.78, 5) is 12.2. The number of benzene rings is 3. The van der Waals surface area contributed by atoms with E-state index in [1.807, 2.05) is 54.7 Å². The number of hydrogen-bond acceptors (Lipinski definition) is 2. The van der Waals surface area contributed by atoms with Gasteiger partial charge < -0.3 is 4.57 Å². The molecule has 30 heavy (non-hydrogen) atoms. The fraction of sp³-hybridized carbons (Fsp3) is 0.0435. The molecule has 0 aliphatic rings. The Morgan fingerprint density at radius 2 is 1.80 bits per heavy atom. The van der Waals surface area contributed by atoms with E-state index in [2.05, 4.69) is 31.0 Å². The number of hydrazone groups is 1. The Morgan fingerprint density at radius 1 is 1.03 bits per heavy atom. The minimum absolute atomic E-state index is 0.265. The first kappa shape index (κ1) is 20.7. The van der Waals surface area contributed by atoms with Crippen molar-refractivity contribution in [3.8, 4) is 0 Å².